The number of rotatable bonds is 0. The fourth-order valence-corrected chi connectivity index (χ4v) is 1.76. The number of benzene rings is 1. The third-order valence-electron chi connectivity index (χ3n) is 2.61. The number of aryl methyl sites for hydroxylation is 3. The Hall–Kier alpha value is -1.31. The highest BCUT2D eigenvalue weighted by Crippen LogP contribution is 2.26. The summed E-state index contributed by atoms with van der Waals surface area (Å²) in [6.45, 7) is 5.98. The molecule has 0 bridgehead atoms. The zero-order valence-corrected chi connectivity index (χ0v) is 8.03. The van der Waals surface area contributed by atoms with Gasteiger partial charge in [0.25, 0.3) is 0 Å². The molecule has 0 amide bonds. The van der Waals surface area contributed by atoms with E-state index in [2.05, 4.69) is 4.98 Å². The molecule has 0 saturated carbocycles. The van der Waals surface area contributed by atoms with Crippen molar-refractivity contribution in [3.8, 4) is 0 Å². The Bertz CT molecular complexity index is 468. The molecular formula is C11H12FN. The third-order valence-corrected chi connectivity index (χ3v) is 2.61. The monoisotopic (exact) mass is 177 g/mol. The smallest absolute Gasteiger partial charge is 0.147 e. The lowest BCUT2D eigenvalue weighted by molar-refractivity contribution is 0.637. The van der Waals surface area contributed by atoms with Gasteiger partial charge in [-0.15, -0.1) is 0 Å². The van der Waals surface area contributed by atoms with E-state index in [1.54, 1.807) is 0 Å². The first-order chi connectivity index (χ1) is 6.11. The highest BCUT2D eigenvalue weighted by Gasteiger charge is 2.09. The summed E-state index contributed by atoms with van der Waals surface area (Å²) in [5.41, 5.74) is 3.95. The van der Waals surface area contributed by atoms with Crippen molar-refractivity contribution < 1.29 is 4.39 Å². The predicted molar refractivity (Wildman–Crippen MR) is 52.5 cm³/mol. The highest BCUT2D eigenvalue weighted by molar-refractivity contribution is 5.87. The van der Waals surface area contributed by atoms with Crippen LogP contribution in [0.1, 0.15) is 16.8 Å². The molecule has 1 aromatic carbocycles. The van der Waals surface area contributed by atoms with Crippen LogP contribution in [0.4, 0.5) is 4.39 Å². The van der Waals surface area contributed by atoms with E-state index < -0.39 is 0 Å². The fraction of sp³-hybridized carbons (Fsp3) is 0.273. The molecule has 0 saturated heterocycles. The number of halogens is 1. The Kier molecular flexibility index (Phi) is 1.65. The maximum atomic E-state index is 13.3. The van der Waals surface area contributed by atoms with Crippen LogP contribution in [0.25, 0.3) is 10.9 Å². The van der Waals surface area contributed by atoms with E-state index in [1.165, 1.54) is 6.07 Å². The lowest BCUT2D eigenvalue weighted by Crippen LogP contribution is -1.81. The van der Waals surface area contributed by atoms with Gasteiger partial charge in [-0.05, 0) is 38.0 Å². The van der Waals surface area contributed by atoms with Crippen molar-refractivity contribution in [3.63, 3.8) is 0 Å². The van der Waals surface area contributed by atoms with Crippen molar-refractivity contribution in [1.82, 2.24) is 4.98 Å². The van der Waals surface area contributed by atoms with E-state index in [0.29, 0.717) is 5.52 Å². The first kappa shape index (κ1) is 8.30. The molecule has 2 rings (SSSR count). The number of aromatic amines is 1. The molecule has 0 unspecified atom stereocenters. The van der Waals surface area contributed by atoms with Gasteiger partial charge in [-0.1, -0.05) is 6.07 Å². The fourth-order valence-electron chi connectivity index (χ4n) is 1.76. The highest BCUT2D eigenvalue weighted by atomic mass is 19.1. The van der Waals surface area contributed by atoms with Gasteiger partial charge in [0.05, 0.1) is 5.52 Å². The summed E-state index contributed by atoms with van der Waals surface area (Å²) < 4.78 is 13.3. The molecule has 1 aromatic heterocycles. The molecule has 0 spiro atoms. The summed E-state index contributed by atoms with van der Waals surface area (Å²) in [7, 11) is 0. The van der Waals surface area contributed by atoms with Gasteiger partial charge < -0.3 is 4.98 Å². The summed E-state index contributed by atoms with van der Waals surface area (Å²) in [4.78, 5) is 3.06. The molecule has 0 fully saturated rings. The van der Waals surface area contributed by atoms with Crippen molar-refractivity contribution in [3.05, 3.63) is 34.8 Å². The van der Waals surface area contributed by atoms with Crippen LogP contribution in [0, 0.1) is 26.6 Å². The number of H-pyrrole nitrogens is 1. The van der Waals surface area contributed by atoms with Crippen LogP contribution in [-0.4, -0.2) is 4.98 Å². The predicted octanol–water partition coefficient (Wildman–Crippen LogP) is 3.23. The van der Waals surface area contributed by atoms with Crippen molar-refractivity contribution in [2.75, 3.05) is 0 Å². The Labute approximate surface area is 76.6 Å². The van der Waals surface area contributed by atoms with E-state index in [0.717, 1.165) is 22.2 Å². The molecule has 1 N–H and O–H groups in total. The average molecular weight is 177 g/mol. The van der Waals surface area contributed by atoms with E-state index >= 15 is 0 Å². The van der Waals surface area contributed by atoms with Crippen LogP contribution < -0.4 is 0 Å². The largest absolute Gasteiger partial charge is 0.356 e. The topological polar surface area (TPSA) is 15.8 Å². The van der Waals surface area contributed by atoms with Gasteiger partial charge in [-0.3, -0.25) is 0 Å². The van der Waals surface area contributed by atoms with Crippen molar-refractivity contribution >= 4 is 10.9 Å². The SMILES string of the molecule is Cc1[nH]c2c(F)ccc(C)c2c1C. The van der Waals surface area contributed by atoms with Crippen molar-refractivity contribution in [2.24, 2.45) is 0 Å². The first-order valence-corrected chi connectivity index (χ1v) is 4.35. The molecule has 1 nitrogen and oxygen atoms in total. The van der Waals surface area contributed by atoms with Gasteiger partial charge in [0.1, 0.15) is 5.82 Å². The molecule has 68 valence electrons. The zero-order valence-electron chi connectivity index (χ0n) is 8.03. The Morgan fingerprint density at radius 1 is 1.15 bits per heavy atom. The molecule has 0 aliphatic carbocycles. The Morgan fingerprint density at radius 2 is 1.85 bits per heavy atom. The van der Waals surface area contributed by atoms with E-state index in [9.17, 15) is 4.39 Å². The summed E-state index contributed by atoms with van der Waals surface area (Å²) in [6.07, 6.45) is 0. The molecular weight excluding hydrogens is 165 g/mol. The molecule has 0 atom stereocenters. The van der Waals surface area contributed by atoms with Gasteiger partial charge in [0.15, 0.2) is 0 Å². The number of fused-ring (bicyclic) bond motifs is 1. The van der Waals surface area contributed by atoms with Gasteiger partial charge >= 0.3 is 0 Å². The Morgan fingerprint density at radius 3 is 2.46 bits per heavy atom. The van der Waals surface area contributed by atoms with Crippen LogP contribution in [0.15, 0.2) is 12.1 Å². The molecule has 1 heterocycles. The van der Waals surface area contributed by atoms with Crippen molar-refractivity contribution in [1.29, 1.82) is 0 Å². The lowest BCUT2D eigenvalue weighted by Gasteiger charge is -1.98. The zero-order chi connectivity index (χ0) is 9.59. The molecule has 2 heteroatoms. The lowest BCUT2D eigenvalue weighted by atomic mass is 10.1. The molecule has 13 heavy (non-hydrogen) atoms. The maximum absolute atomic E-state index is 13.3. The number of hydrogen-bond donors (Lipinski definition) is 1. The second-order valence-corrected chi connectivity index (χ2v) is 3.49. The van der Waals surface area contributed by atoms with Crippen LogP contribution in [0.2, 0.25) is 0 Å². The minimum absolute atomic E-state index is 0.170. The Balaban J connectivity index is 3.00. The molecule has 0 aliphatic rings. The second kappa shape index (κ2) is 2.59. The van der Waals surface area contributed by atoms with E-state index in [4.69, 9.17) is 0 Å². The molecule has 0 radical (unpaired) electrons. The third kappa shape index (κ3) is 1.05. The summed E-state index contributed by atoms with van der Waals surface area (Å²) in [5.74, 6) is -0.170. The number of nitrogens with one attached hydrogen (secondary N) is 1. The van der Waals surface area contributed by atoms with Crippen LogP contribution >= 0.6 is 0 Å². The number of hydrogen-bond acceptors (Lipinski definition) is 0. The number of aromatic nitrogens is 1. The van der Waals surface area contributed by atoms with Gasteiger partial charge in [0.2, 0.25) is 0 Å². The summed E-state index contributed by atoms with van der Waals surface area (Å²) in [6, 6.07) is 3.32. The van der Waals surface area contributed by atoms with Crippen LogP contribution in [0.3, 0.4) is 0 Å². The first-order valence-electron chi connectivity index (χ1n) is 4.35. The van der Waals surface area contributed by atoms with Gasteiger partial charge in [-0.2, -0.15) is 0 Å². The normalized spacial score (nSPS) is 11.1. The quantitative estimate of drug-likeness (QED) is 0.635. The summed E-state index contributed by atoms with van der Waals surface area (Å²) >= 11 is 0. The minimum Gasteiger partial charge on any atom is -0.356 e. The van der Waals surface area contributed by atoms with Crippen LogP contribution in [-0.2, 0) is 0 Å². The van der Waals surface area contributed by atoms with E-state index in [1.807, 2.05) is 26.8 Å². The second-order valence-electron chi connectivity index (χ2n) is 3.49. The molecule has 0 aliphatic heterocycles. The van der Waals surface area contributed by atoms with Crippen molar-refractivity contribution in [2.45, 2.75) is 20.8 Å². The average Bonchev–Trinajstić information content (AvgIpc) is 2.38. The van der Waals surface area contributed by atoms with Crippen LogP contribution in [0.5, 0.6) is 0 Å². The minimum atomic E-state index is -0.170. The van der Waals surface area contributed by atoms with Gasteiger partial charge in [0, 0.05) is 11.1 Å². The maximum Gasteiger partial charge on any atom is 0.147 e. The van der Waals surface area contributed by atoms with E-state index in [-0.39, 0.29) is 5.82 Å². The molecule has 2 aromatic rings. The van der Waals surface area contributed by atoms with Gasteiger partial charge in [-0.25, -0.2) is 4.39 Å². The summed E-state index contributed by atoms with van der Waals surface area (Å²) in [5, 5.41) is 1.03. The standard InChI is InChI=1S/C11H12FN/c1-6-4-5-9(12)11-10(6)7(2)8(3)13-11/h4-5,13H,1-3H3.